The zero-order valence-corrected chi connectivity index (χ0v) is 16.8. The van der Waals surface area contributed by atoms with Gasteiger partial charge >= 0.3 is 11.8 Å². The Labute approximate surface area is 179 Å². The lowest BCUT2D eigenvalue weighted by atomic mass is 10.0. The van der Waals surface area contributed by atoms with Crippen LogP contribution in [0.3, 0.4) is 0 Å². The topological polar surface area (TPSA) is 131 Å². The van der Waals surface area contributed by atoms with Crippen LogP contribution in [0, 0.1) is 6.92 Å². The molecule has 0 unspecified atom stereocenters. The Bertz CT molecular complexity index is 1450. The lowest BCUT2D eigenvalue weighted by Crippen LogP contribution is -2.16. The number of hydrogen-bond acceptors (Lipinski definition) is 6. The molecule has 0 aliphatic rings. The standard InChI is InChI=1S/C21H14ClN5O4/c1-10-2-7-14(31-10)17(28)15-16(11-3-5-12(22)6-4-11)27(20(30)18(15)29)21-23-8-13-19(26-21)25-9-24-13/h2-9,29-30H,1H3,(H,23,24,25,26)/p+1. The fourth-order valence-corrected chi connectivity index (χ4v) is 3.53. The number of ketones is 1. The number of aryl methyl sites for hydroxylation is 1. The van der Waals surface area contributed by atoms with Gasteiger partial charge in [0, 0.05) is 10.6 Å². The largest absolute Gasteiger partial charge is 0.501 e. The SMILES string of the molecule is Cc1ccc(C(=O)c2c(O)c(O)n(-c3nc4nc[nH]c4c[nH+]3)c2-c2ccc(Cl)cc2)o1. The summed E-state index contributed by atoms with van der Waals surface area (Å²) in [6.45, 7) is 1.71. The van der Waals surface area contributed by atoms with Crippen molar-refractivity contribution in [3.05, 3.63) is 71.0 Å². The first-order valence-electron chi connectivity index (χ1n) is 9.20. The molecule has 9 nitrogen and oxygen atoms in total. The van der Waals surface area contributed by atoms with Crippen molar-refractivity contribution < 1.29 is 24.4 Å². The molecule has 1 aromatic carbocycles. The minimum atomic E-state index is -0.596. The molecule has 0 saturated heterocycles. The van der Waals surface area contributed by atoms with Crippen molar-refractivity contribution in [2.75, 3.05) is 0 Å². The van der Waals surface area contributed by atoms with Crippen LogP contribution in [0.25, 0.3) is 28.4 Å². The third-order valence-corrected chi connectivity index (χ3v) is 5.10. The summed E-state index contributed by atoms with van der Waals surface area (Å²) in [6, 6.07) is 9.78. The van der Waals surface area contributed by atoms with E-state index in [1.807, 2.05) is 0 Å². The second-order valence-electron chi connectivity index (χ2n) is 6.84. The van der Waals surface area contributed by atoms with Crippen molar-refractivity contribution >= 4 is 28.5 Å². The number of aromatic hydroxyl groups is 2. The Kier molecular flexibility index (Phi) is 4.26. The first kappa shape index (κ1) is 18.9. The van der Waals surface area contributed by atoms with Gasteiger partial charge in [-0.2, -0.15) is 4.57 Å². The van der Waals surface area contributed by atoms with E-state index in [1.165, 1.54) is 17.0 Å². The zero-order valence-electron chi connectivity index (χ0n) is 16.0. The maximum Gasteiger partial charge on any atom is 0.406 e. The lowest BCUT2D eigenvalue weighted by Gasteiger charge is -2.05. The Morgan fingerprint density at radius 3 is 2.68 bits per heavy atom. The number of aromatic amines is 2. The van der Waals surface area contributed by atoms with Crippen molar-refractivity contribution in [2.45, 2.75) is 6.92 Å². The van der Waals surface area contributed by atoms with E-state index in [9.17, 15) is 15.0 Å². The molecule has 0 aliphatic heterocycles. The van der Waals surface area contributed by atoms with Gasteiger partial charge < -0.3 is 19.6 Å². The van der Waals surface area contributed by atoms with Crippen molar-refractivity contribution in [2.24, 2.45) is 0 Å². The number of fused-ring (bicyclic) bond motifs is 1. The monoisotopic (exact) mass is 436 g/mol. The third kappa shape index (κ3) is 3.03. The molecule has 10 heteroatoms. The van der Waals surface area contributed by atoms with E-state index in [1.54, 1.807) is 43.5 Å². The molecular weight excluding hydrogens is 422 g/mol. The number of carbonyl (C=O) groups is 1. The summed E-state index contributed by atoms with van der Waals surface area (Å²) in [5.41, 5.74) is 1.63. The second-order valence-corrected chi connectivity index (χ2v) is 7.28. The van der Waals surface area contributed by atoms with E-state index in [4.69, 9.17) is 16.0 Å². The molecule has 4 N–H and O–H groups in total. The van der Waals surface area contributed by atoms with Gasteiger partial charge in [0.2, 0.25) is 11.5 Å². The third-order valence-electron chi connectivity index (χ3n) is 4.85. The van der Waals surface area contributed by atoms with Gasteiger partial charge in [-0.05, 0) is 48.3 Å². The van der Waals surface area contributed by atoms with Gasteiger partial charge in [-0.3, -0.25) is 4.79 Å². The molecule has 0 spiro atoms. The van der Waals surface area contributed by atoms with Gasteiger partial charge in [0.25, 0.3) is 5.65 Å². The minimum Gasteiger partial charge on any atom is -0.501 e. The van der Waals surface area contributed by atoms with Crippen LogP contribution >= 0.6 is 11.6 Å². The van der Waals surface area contributed by atoms with E-state index in [0.29, 0.717) is 27.5 Å². The highest BCUT2D eigenvalue weighted by molar-refractivity contribution is 6.30. The maximum absolute atomic E-state index is 13.3. The summed E-state index contributed by atoms with van der Waals surface area (Å²) in [4.78, 5) is 27.6. The van der Waals surface area contributed by atoms with Crippen molar-refractivity contribution in [3.63, 3.8) is 0 Å². The quantitative estimate of drug-likeness (QED) is 0.370. The highest BCUT2D eigenvalue weighted by Gasteiger charge is 2.36. The number of carbonyl (C=O) groups excluding carboxylic acids is 1. The van der Waals surface area contributed by atoms with E-state index in [0.717, 1.165) is 0 Å². The van der Waals surface area contributed by atoms with Gasteiger partial charge in [0.15, 0.2) is 5.76 Å². The molecule has 4 aromatic heterocycles. The number of hydrogen-bond donors (Lipinski definition) is 3. The number of furan rings is 1. The first-order valence-corrected chi connectivity index (χ1v) is 9.57. The van der Waals surface area contributed by atoms with Crippen LogP contribution < -0.4 is 4.98 Å². The number of H-pyrrole nitrogens is 2. The molecule has 0 atom stereocenters. The van der Waals surface area contributed by atoms with Crippen molar-refractivity contribution in [1.82, 2.24) is 19.5 Å². The predicted octanol–water partition coefficient (Wildman–Crippen LogP) is 3.43. The molecule has 0 radical (unpaired) electrons. The zero-order chi connectivity index (χ0) is 21.7. The normalized spacial score (nSPS) is 11.3. The fourth-order valence-electron chi connectivity index (χ4n) is 3.41. The summed E-state index contributed by atoms with van der Waals surface area (Å²) in [7, 11) is 0. The molecule has 5 aromatic rings. The van der Waals surface area contributed by atoms with Crippen LogP contribution in [0.4, 0.5) is 0 Å². The van der Waals surface area contributed by atoms with Crippen molar-refractivity contribution in [3.8, 4) is 28.8 Å². The van der Waals surface area contributed by atoms with Crippen LogP contribution in [0.5, 0.6) is 11.6 Å². The van der Waals surface area contributed by atoms with Gasteiger partial charge in [-0.15, -0.1) is 0 Å². The van der Waals surface area contributed by atoms with Gasteiger partial charge in [0.05, 0.1) is 12.5 Å². The number of halogens is 1. The van der Waals surface area contributed by atoms with Crippen LogP contribution in [0.1, 0.15) is 21.9 Å². The van der Waals surface area contributed by atoms with E-state index in [2.05, 4.69) is 19.9 Å². The minimum absolute atomic E-state index is 0.0276. The number of aromatic nitrogens is 5. The molecular formula is C21H15ClN5O4+. The van der Waals surface area contributed by atoms with Gasteiger partial charge in [-0.1, -0.05) is 11.6 Å². The summed E-state index contributed by atoms with van der Waals surface area (Å²) in [6.07, 6.45) is 3.10. The summed E-state index contributed by atoms with van der Waals surface area (Å²) >= 11 is 6.03. The molecule has 0 fully saturated rings. The number of imidazole rings is 1. The molecule has 0 amide bonds. The Morgan fingerprint density at radius 1 is 1.19 bits per heavy atom. The van der Waals surface area contributed by atoms with Crippen LogP contribution in [-0.2, 0) is 0 Å². The summed E-state index contributed by atoms with van der Waals surface area (Å²) in [5.74, 6) is -1.03. The fraction of sp³-hybridized carbons (Fsp3) is 0.0476. The van der Waals surface area contributed by atoms with Crippen LogP contribution in [0.15, 0.2) is 53.3 Å². The Balaban J connectivity index is 1.81. The smallest absolute Gasteiger partial charge is 0.406 e. The predicted molar refractivity (Wildman–Crippen MR) is 110 cm³/mol. The molecule has 0 bridgehead atoms. The number of nitrogens with one attached hydrogen (secondary N) is 2. The van der Waals surface area contributed by atoms with E-state index in [-0.39, 0.29) is 23.0 Å². The summed E-state index contributed by atoms with van der Waals surface area (Å²) < 4.78 is 6.70. The molecule has 154 valence electrons. The average Bonchev–Trinajstić information content (AvgIpc) is 3.46. The second kappa shape index (κ2) is 6.99. The Morgan fingerprint density at radius 2 is 1.97 bits per heavy atom. The highest BCUT2D eigenvalue weighted by atomic mass is 35.5. The lowest BCUT2D eigenvalue weighted by molar-refractivity contribution is -0.375. The maximum atomic E-state index is 13.3. The average molecular weight is 437 g/mol. The molecule has 5 rings (SSSR count). The number of benzene rings is 1. The highest BCUT2D eigenvalue weighted by Crippen LogP contribution is 2.43. The van der Waals surface area contributed by atoms with Gasteiger partial charge in [0.1, 0.15) is 22.5 Å². The Hall–Kier alpha value is -4.11. The van der Waals surface area contributed by atoms with E-state index < -0.39 is 17.4 Å². The number of nitrogens with zero attached hydrogens (tertiary/aromatic N) is 3. The molecule has 31 heavy (non-hydrogen) atoms. The van der Waals surface area contributed by atoms with Gasteiger partial charge in [-0.25, -0.2) is 9.97 Å². The molecule has 0 saturated carbocycles. The van der Waals surface area contributed by atoms with Crippen LogP contribution in [-0.4, -0.2) is 35.5 Å². The van der Waals surface area contributed by atoms with Crippen LogP contribution in [0.2, 0.25) is 5.02 Å². The number of rotatable bonds is 4. The van der Waals surface area contributed by atoms with Crippen molar-refractivity contribution in [1.29, 1.82) is 0 Å². The molecule has 4 heterocycles. The van der Waals surface area contributed by atoms with E-state index >= 15 is 0 Å². The summed E-state index contributed by atoms with van der Waals surface area (Å²) in [5, 5.41) is 22.1. The molecule has 0 aliphatic carbocycles. The first-order chi connectivity index (χ1) is 14.9.